The minimum absolute atomic E-state index is 0.212. The Hall–Kier alpha value is -3.75. The van der Waals surface area contributed by atoms with Gasteiger partial charge in [-0.2, -0.15) is 4.98 Å². The molecular formula is C30H30ClN5O2S. The normalized spacial score (nSPS) is 14.5. The number of carbonyl (C=O) groups is 1. The minimum atomic E-state index is -0.546. The summed E-state index contributed by atoms with van der Waals surface area (Å²) in [6.07, 6.45) is 1.01. The Bertz CT molecular complexity index is 1520. The zero-order valence-corrected chi connectivity index (χ0v) is 23.6. The number of hydrogen-bond donors (Lipinski definition) is 2. The predicted octanol–water partition coefficient (Wildman–Crippen LogP) is 7.25. The van der Waals surface area contributed by atoms with E-state index >= 15 is 0 Å². The molecule has 0 saturated heterocycles. The first-order chi connectivity index (χ1) is 18.9. The zero-order chi connectivity index (χ0) is 27.4. The summed E-state index contributed by atoms with van der Waals surface area (Å²) in [4.78, 5) is 18.6. The van der Waals surface area contributed by atoms with E-state index in [9.17, 15) is 4.79 Å². The molecule has 4 aromatic rings. The van der Waals surface area contributed by atoms with Crippen molar-refractivity contribution in [2.45, 2.75) is 45.0 Å². The quantitative estimate of drug-likeness (QED) is 0.210. The maximum atomic E-state index is 13.9. The number of amides is 1. The number of para-hydroxylation sites is 2. The average molecular weight is 560 g/mol. The van der Waals surface area contributed by atoms with Crippen molar-refractivity contribution in [1.82, 2.24) is 14.8 Å². The number of aryl methyl sites for hydroxylation is 1. The van der Waals surface area contributed by atoms with Crippen molar-refractivity contribution < 1.29 is 9.53 Å². The topological polar surface area (TPSA) is 81.1 Å². The summed E-state index contributed by atoms with van der Waals surface area (Å²) in [5.41, 5.74) is 4.81. The predicted molar refractivity (Wildman–Crippen MR) is 158 cm³/mol. The molecule has 0 bridgehead atoms. The fraction of sp³-hybridized carbons (Fsp3) is 0.233. The van der Waals surface area contributed by atoms with Crippen LogP contribution in [0.5, 0.6) is 5.75 Å². The van der Waals surface area contributed by atoms with Gasteiger partial charge < -0.3 is 15.4 Å². The van der Waals surface area contributed by atoms with E-state index in [4.69, 9.17) is 26.4 Å². The van der Waals surface area contributed by atoms with Crippen LogP contribution in [0.4, 0.5) is 11.6 Å². The van der Waals surface area contributed by atoms with E-state index in [1.165, 1.54) is 0 Å². The van der Waals surface area contributed by atoms with Crippen molar-refractivity contribution in [3.05, 3.63) is 106 Å². The monoisotopic (exact) mass is 559 g/mol. The lowest BCUT2D eigenvalue weighted by molar-refractivity contribution is -0.113. The highest BCUT2D eigenvalue weighted by Crippen LogP contribution is 2.40. The third-order valence-corrected chi connectivity index (χ3v) is 7.72. The summed E-state index contributed by atoms with van der Waals surface area (Å²) in [5, 5.41) is 12.6. The van der Waals surface area contributed by atoms with Crippen LogP contribution in [0.1, 0.15) is 43.0 Å². The van der Waals surface area contributed by atoms with Gasteiger partial charge in [0, 0.05) is 27.7 Å². The number of rotatable bonds is 9. The highest BCUT2D eigenvalue weighted by atomic mass is 35.5. The molecule has 1 unspecified atom stereocenters. The molecule has 2 N–H and O–H groups in total. The Balaban J connectivity index is 1.55. The van der Waals surface area contributed by atoms with E-state index in [1.54, 1.807) is 16.4 Å². The highest BCUT2D eigenvalue weighted by Gasteiger charge is 2.36. The molecule has 7 nitrogen and oxygen atoms in total. The van der Waals surface area contributed by atoms with E-state index in [0.717, 1.165) is 34.6 Å². The molecule has 0 fully saturated rings. The number of benzene rings is 3. The smallest absolute Gasteiger partial charge is 0.255 e. The lowest BCUT2D eigenvalue weighted by Gasteiger charge is -2.30. The van der Waals surface area contributed by atoms with Gasteiger partial charge in [0.25, 0.3) is 5.91 Å². The van der Waals surface area contributed by atoms with E-state index in [-0.39, 0.29) is 5.91 Å². The van der Waals surface area contributed by atoms with Crippen molar-refractivity contribution in [3.63, 3.8) is 0 Å². The van der Waals surface area contributed by atoms with Crippen LogP contribution in [0.3, 0.4) is 0 Å². The van der Waals surface area contributed by atoms with Crippen LogP contribution < -0.4 is 15.4 Å². The third-order valence-electron chi connectivity index (χ3n) is 6.43. The number of hydrogen-bond acceptors (Lipinski definition) is 6. The zero-order valence-electron chi connectivity index (χ0n) is 22.1. The second-order valence-corrected chi connectivity index (χ2v) is 10.8. The Morgan fingerprint density at radius 3 is 2.59 bits per heavy atom. The van der Waals surface area contributed by atoms with Gasteiger partial charge in [0.15, 0.2) is 0 Å². The minimum Gasteiger partial charge on any atom is -0.489 e. The largest absolute Gasteiger partial charge is 0.489 e. The second-order valence-electron chi connectivity index (χ2n) is 9.30. The highest BCUT2D eigenvalue weighted by molar-refractivity contribution is 7.99. The first-order valence-corrected chi connectivity index (χ1v) is 14.2. The van der Waals surface area contributed by atoms with E-state index in [1.807, 2.05) is 86.6 Å². The van der Waals surface area contributed by atoms with Crippen LogP contribution in [-0.2, 0) is 11.4 Å². The fourth-order valence-corrected chi connectivity index (χ4v) is 5.26. The molecule has 2 heterocycles. The van der Waals surface area contributed by atoms with Gasteiger partial charge in [-0.3, -0.25) is 4.79 Å². The van der Waals surface area contributed by atoms with Crippen molar-refractivity contribution in [1.29, 1.82) is 0 Å². The van der Waals surface area contributed by atoms with Gasteiger partial charge in [-0.25, -0.2) is 4.68 Å². The number of nitrogens with zero attached hydrogens (tertiary/aromatic N) is 3. The molecule has 0 spiro atoms. The first-order valence-electron chi connectivity index (χ1n) is 12.8. The van der Waals surface area contributed by atoms with Gasteiger partial charge in [0.2, 0.25) is 11.1 Å². The molecule has 5 rings (SSSR count). The van der Waals surface area contributed by atoms with Gasteiger partial charge in [-0.05, 0) is 55.7 Å². The van der Waals surface area contributed by atoms with Crippen LogP contribution in [0.2, 0.25) is 5.02 Å². The van der Waals surface area contributed by atoms with E-state index < -0.39 is 6.04 Å². The number of halogens is 1. The number of aromatic nitrogens is 3. The molecule has 200 valence electrons. The first kappa shape index (κ1) is 26.8. The molecule has 1 aliphatic rings. The van der Waals surface area contributed by atoms with Crippen LogP contribution in [0, 0.1) is 6.92 Å². The average Bonchev–Trinajstić information content (AvgIpc) is 3.34. The fourth-order valence-electron chi connectivity index (χ4n) is 4.45. The van der Waals surface area contributed by atoms with Gasteiger partial charge in [0.1, 0.15) is 18.4 Å². The summed E-state index contributed by atoms with van der Waals surface area (Å²) in [6.45, 7) is 6.35. The Morgan fingerprint density at radius 1 is 1.08 bits per heavy atom. The summed E-state index contributed by atoms with van der Waals surface area (Å²) in [6, 6.07) is 22.5. The molecule has 0 radical (unpaired) electrons. The van der Waals surface area contributed by atoms with Crippen molar-refractivity contribution in [2.75, 3.05) is 16.4 Å². The molecule has 1 amide bonds. The number of anilines is 2. The van der Waals surface area contributed by atoms with Gasteiger partial charge in [0.05, 0.1) is 5.57 Å². The summed E-state index contributed by atoms with van der Waals surface area (Å²) < 4.78 is 8.11. The Labute approximate surface area is 237 Å². The van der Waals surface area contributed by atoms with Gasteiger partial charge >= 0.3 is 0 Å². The Kier molecular flexibility index (Phi) is 8.24. The number of thioether (sulfide) groups is 1. The summed E-state index contributed by atoms with van der Waals surface area (Å²) in [7, 11) is 0. The molecule has 0 saturated carbocycles. The van der Waals surface area contributed by atoms with Gasteiger partial charge in [-0.1, -0.05) is 78.8 Å². The maximum Gasteiger partial charge on any atom is 0.255 e. The summed E-state index contributed by atoms with van der Waals surface area (Å²) >= 11 is 7.65. The van der Waals surface area contributed by atoms with Crippen LogP contribution >= 0.6 is 23.4 Å². The number of ether oxygens (including phenoxy) is 1. The van der Waals surface area contributed by atoms with Crippen LogP contribution in [0.15, 0.2) is 89.2 Å². The molecule has 9 heteroatoms. The van der Waals surface area contributed by atoms with Crippen LogP contribution in [-0.4, -0.2) is 26.4 Å². The molecule has 0 aliphatic carbocycles. The van der Waals surface area contributed by atoms with Crippen molar-refractivity contribution in [3.8, 4) is 5.75 Å². The Morgan fingerprint density at radius 2 is 1.82 bits per heavy atom. The van der Waals surface area contributed by atoms with Crippen LogP contribution in [0.25, 0.3) is 0 Å². The number of carbonyl (C=O) groups excluding carboxylic acids is 1. The maximum absolute atomic E-state index is 13.9. The lowest BCUT2D eigenvalue weighted by atomic mass is 9.94. The molecule has 1 aliphatic heterocycles. The van der Waals surface area contributed by atoms with Gasteiger partial charge in [-0.15, -0.1) is 5.10 Å². The molecular weight excluding hydrogens is 530 g/mol. The molecule has 1 atom stereocenters. The van der Waals surface area contributed by atoms with E-state index in [0.29, 0.717) is 39.8 Å². The molecule has 39 heavy (non-hydrogen) atoms. The molecule has 1 aromatic heterocycles. The lowest BCUT2D eigenvalue weighted by Crippen LogP contribution is -2.32. The SMILES string of the molecule is CCCSc1nc2n(n1)C(c1ccccc1OCc1ccc(Cl)cc1)C(C(=O)Nc1ccccc1C)=C(C)N2. The summed E-state index contributed by atoms with van der Waals surface area (Å²) in [5.74, 6) is 1.95. The number of fused-ring (bicyclic) bond motifs is 1. The van der Waals surface area contributed by atoms with E-state index in [2.05, 4.69) is 17.6 Å². The molecule has 3 aromatic carbocycles. The van der Waals surface area contributed by atoms with Crippen molar-refractivity contribution >= 4 is 40.9 Å². The number of allylic oxidation sites excluding steroid dienone is 1. The van der Waals surface area contributed by atoms with Crippen molar-refractivity contribution in [2.24, 2.45) is 0 Å². The third kappa shape index (κ3) is 5.97. The standard InChI is InChI=1S/C30H30ClN5O2S/c1-4-17-39-30-34-29-32-20(3)26(28(37)33-24-11-7-5-9-19(24)2)27(36(29)35-30)23-10-6-8-12-25(23)38-18-21-13-15-22(31)16-14-21/h5-16,27H,4,17-18H2,1-3H3,(H,33,37)(H,32,34,35). The number of nitrogens with one attached hydrogen (secondary N) is 2. The second kappa shape index (κ2) is 12.0.